The number of hydrogen-bond donors (Lipinski definition) is 1. The van der Waals surface area contributed by atoms with E-state index in [0.29, 0.717) is 12.3 Å². The first-order chi connectivity index (χ1) is 10.0. The van der Waals surface area contributed by atoms with Crippen molar-refractivity contribution in [3.05, 3.63) is 23.7 Å². The Hall–Kier alpha value is -2.26. The summed E-state index contributed by atoms with van der Waals surface area (Å²) in [6, 6.07) is 3.27. The van der Waals surface area contributed by atoms with Crippen LogP contribution in [0.1, 0.15) is 30.2 Å². The third-order valence-electron chi connectivity index (χ3n) is 3.04. The van der Waals surface area contributed by atoms with Gasteiger partial charge in [-0.2, -0.15) is 0 Å². The van der Waals surface area contributed by atoms with Crippen LogP contribution >= 0.6 is 0 Å². The predicted octanol–water partition coefficient (Wildman–Crippen LogP) is 1.28. The Morgan fingerprint density at radius 2 is 2.00 bits per heavy atom. The maximum Gasteiger partial charge on any atom is 0.323 e. The second-order valence-corrected chi connectivity index (χ2v) is 4.49. The molecule has 1 aromatic heterocycles. The fourth-order valence-corrected chi connectivity index (χ4v) is 1.87. The van der Waals surface area contributed by atoms with Crippen LogP contribution in [0.2, 0.25) is 0 Å². The number of rotatable bonds is 8. The predicted molar refractivity (Wildman–Crippen MR) is 77.7 cm³/mol. The van der Waals surface area contributed by atoms with Gasteiger partial charge in [0.15, 0.2) is 5.76 Å². The van der Waals surface area contributed by atoms with Gasteiger partial charge >= 0.3 is 5.97 Å². The van der Waals surface area contributed by atoms with Crippen LogP contribution in [0, 0.1) is 12.3 Å². The smallest absolute Gasteiger partial charge is 0.323 e. The van der Waals surface area contributed by atoms with Gasteiger partial charge in [-0.3, -0.25) is 14.5 Å². The molecule has 0 spiro atoms. The Bertz CT molecular complexity index is 526. The van der Waals surface area contributed by atoms with Gasteiger partial charge in [0.2, 0.25) is 0 Å². The first-order valence-electron chi connectivity index (χ1n) is 6.77. The Morgan fingerprint density at radius 3 is 2.52 bits per heavy atom. The second kappa shape index (κ2) is 8.12. The van der Waals surface area contributed by atoms with Crippen molar-refractivity contribution in [1.82, 2.24) is 9.80 Å². The molecule has 0 radical (unpaired) electrons. The molecule has 1 aromatic rings. The van der Waals surface area contributed by atoms with Crippen molar-refractivity contribution in [3.63, 3.8) is 0 Å². The molecular weight excluding hydrogens is 272 g/mol. The number of furan rings is 1. The van der Waals surface area contributed by atoms with Crippen molar-refractivity contribution in [1.29, 1.82) is 0 Å². The van der Waals surface area contributed by atoms with Gasteiger partial charge < -0.3 is 14.4 Å². The fraction of sp³-hybridized carbons (Fsp3) is 0.467. The lowest BCUT2D eigenvalue weighted by Gasteiger charge is -2.17. The number of amides is 1. The minimum atomic E-state index is -1.12. The molecule has 0 fully saturated rings. The molecule has 0 unspecified atom stereocenters. The van der Waals surface area contributed by atoms with Crippen molar-refractivity contribution in [2.75, 3.05) is 26.2 Å². The zero-order chi connectivity index (χ0) is 15.8. The van der Waals surface area contributed by atoms with Crippen LogP contribution in [0.3, 0.4) is 0 Å². The Balaban J connectivity index is 2.80. The van der Waals surface area contributed by atoms with E-state index < -0.39 is 18.4 Å². The first kappa shape index (κ1) is 16.8. The monoisotopic (exact) mass is 292 g/mol. The number of nitrogens with zero attached hydrogens (tertiary/aromatic N) is 2. The van der Waals surface area contributed by atoms with E-state index in [1.807, 2.05) is 13.8 Å². The van der Waals surface area contributed by atoms with Gasteiger partial charge in [-0.1, -0.05) is 19.8 Å². The van der Waals surface area contributed by atoms with Crippen molar-refractivity contribution in [2.45, 2.75) is 20.4 Å². The van der Waals surface area contributed by atoms with Crippen molar-refractivity contribution in [3.8, 4) is 12.3 Å². The van der Waals surface area contributed by atoms with E-state index >= 15 is 0 Å². The molecule has 6 heteroatoms. The van der Waals surface area contributed by atoms with E-state index in [1.54, 1.807) is 12.1 Å². The highest BCUT2D eigenvalue weighted by Crippen LogP contribution is 2.13. The number of carboxylic acids is 1. The van der Waals surface area contributed by atoms with E-state index in [1.165, 1.54) is 0 Å². The van der Waals surface area contributed by atoms with Crippen LogP contribution in [0.15, 0.2) is 16.5 Å². The molecule has 0 aliphatic heterocycles. The molecule has 1 amide bonds. The average molecular weight is 292 g/mol. The van der Waals surface area contributed by atoms with Crippen LogP contribution in [-0.4, -0.2) is 53.0 Å². The molecule has 1 heterocycles. The van der Waals surface area contributed by atoms with E-state index in [2.05, 4.69) is 10.8 Å². The topological polar surface area (TPSA) is 74.0 Å². The Labute approximate surface area is 124 Å². The summed E-state index contributed by atoms with van der Waals surface area (Å²) in [5, 5.41) is 8.79. The quantitative estimate of drug-likeness (QED) is 0.731. The normalized spacial score (nSPS) is 10.4. The summed E-state index contributed by atoms with van der Waals surface area (Å²) < 4.78 is 5.49. The SMILES string of the molecule is C#CCN(CC(=O)O)C(=O)c1ccc(CN(CC)CC)o1. The molecule has 0 aliphatic carbocycles. The molecule has 0 aliphatic rings. The van der Waals surface area contributed by atoms with Gasteiger partial charge in [-0.15, -0.1) is 6.42 Å². The molecule has 0 atom stereocenters. The average Bonchev–Trinajstić information content (AvgIpc) is 2.91. The second-order valence-electron chi connectivity index (χ2n) is 4.49. The van der Waals surface area contributed by atoms with E-state index in [-0.39, 0.29) is 12.3 Å². The Morgan fingerprint density at radius 1 is 1.33 bits per heavy atom. The molecule has 6 nitrogen and oxygen atoms in total. The number of carboxylic acid groups (broad SMARTS) is 1. The molecule has 0 saturated carbocycles. The van der Waals surface area contributed by atoms with Crippen molar-refractivity contribution < 1.29 is 19.1 Å². The van der Waals surface area contributed by atoms with Gasteiger partial charge in [-0.05, 0) is 25.2 Å². The molecule has 0 bridgehead atoms. The van der Waals surface area contributed by atoms with E-state index in [9.17, 15) is 9.59 Å². The third-order valence-corrected chi connectivity index (χ3v) is 3.04. The lowest BCUT2D eigenvalue weighted by molar-refractivity contribution is -0.137. The number of terminal acetylenes is 1. The highest BCUT2D eigenvalue weighted by molar-refractivity contribution is 5.93. The zero-order valence-corrected chi connectivity index (χ0v) is 12.3. The molecule has 0 aromatic carbocycles. The van der Waals surface area contributed by atoms with Crippen LogP contribution in [-0.2, 0) is 11.3 Å². The summed E-state index contributed by atoms with van der Waals surface area (Å²) in [6.45, 7) is 5.92. The maximum absolute atomic E-state index is 12.2. The highest BCUT2D eigenvalue weighted by Gasteiger charge is 2.21. The molecule has 0 saturated heterocycles. The molecule has 114 valence electrons. The largest absolute Gasteiger partial charge is 0.480 e. The lowest BCUT2D eigenvalue weighted by atomic mass is 10.3. The van der Waals surface area contributed by atoms with Gasteiger partial charge in [0, 0.05) is 0 Å². The third kappa shape index (κ3) is 4.97. The van der Waals surface area contributed by atoms with Gasteiger partial charge in [-0.25, -0.2) is 0 Å². The van der Waals surface area contributed by atoms with Gasteiger partial charge in [0.25, 0.3) is 5.91 Å². The van der Waals surface area contributed by atoms with Crippen LogP contribution in [0.25, 0.3) is 0 Å². The summed E-state index contributed by atoms with van der Waals surface area (Å²) in [4.78, 5) is 26.1. The number of hydrogen-bond acceptors (Lipinski definition) is 4. The summed E-state index contributed by atoms with van der Waals surface area (Å²) in [5.74, 6) is 1.41. The summed E-state index contributed by atoms with van der Waals surface area (Å²) in [6.07, 6.45) is 5.15. The molecule has 1 N–H and O–H groups in total. The fourth-order valence-electron chi connectivity index (χ4n) is 1.87. The minimum Gasteiger partial charge on any atom is -0.480 e. The van der Waals surface area contributed by atoms with Crippen molar-refractivity contribution in [2.24, 2.45) is 0 Å². The number of carbonyl (C=O) groups excluding carboxylic acids is 1. The highest BCUT2D eigenvalue weighted by atomic mass is 16.4. The van der Waals surface area contributed by atoms with Crippen LogP contribution in [0.4, 0.5) is 0 Å². The van der Waals surface area contributed by atoms with E-state index in [4.69, 9.17) is 15.9 Å². The number of carbonyl (C=O) groups is 2. The summed E-state index contributed by atoms with van der Waals surface area (Å²) >= 11 is 0. The van der Waals surface area contributed by atoms with Gasteiger partial charge in [0.1, 0.15) is 12.3 Å². The van der Waals surface area contributed by atoms with Crippen LogP contribution < -0.4 is 0 Å². The van der Waals surface area contributed by atoms with Crippen molar-refractivity contribution >= 4 is 11.9 Å². The van der Waals surface area contributed by atoms with Crippen LogP contribution in [0.5, 0.6) is 0 Å². The molecule has 1 rings (SSSR count). The zero-order valence-electron chi connectivity index (χ0n) is 12.3. The summed E-state index contributed by atoms with van der Waals surface area (Å²) in [7, 11) is 0. The maximum atomic E-state index is 12.2. The van der Waals surface area contributed by atoms with Gasteiger partial charge in [0.05, 0.1) is 13.1 Å². The number of aliphatic carboxylic acids is 1. The first-order valence-corrected chi connectivity index (χ1v) is 6.77. The van der Waals surface area contributed by atoms with E-state index in [0.717, 1.165) is 18.0 Å². The Kier molecular flexibility index (Phi) is 6.50. The standard InChI is InChI=1S/C15H20N2O4/c1-4-9-17(11-14(18)19)15(20)13-8-7-12(21-13)10-16(5-2)6-3/h1,7-8H,5-6,9-11H2,2-3H3,(H,18,19). The molecular formula is C15H20N2O4. The molecule has 21 heavy (non-hydrogen) atoms. The lowest BCUT2D eigenvalue weighted by Crippen LogP contribution is -2.35. The summed E-state index contributed by atoms with van der Waals surface area (Å²) in [5.41, 5.74) is 0. The minimum absolute atomic E-state index is 0.0722.